The Morgan fingerprint density at radius 1 is 1.00 bits per heavy atom. The van der Waals surface area contributed by atoms with Gasteiger partial charge in [-0.3, -0.25) is 4.79 Å². The number of aromatic nitrogens is 2. The van der Waals surface area contributed by atoms with Crippen LogP contribution in [-0.2, 0) is 4.74 Å². The standard InChI is InChI=1S/C21H27N5O2/c1-2-24-8-10-26(11-9-24)21(27)18-16-19(25-12-14-28-15-13-25)23-20(22-18)17-6-4-3-5-7-17/h3-7,16H,2,8-15H2,1H3. The summed E-state index contributed by atoms with van der Waals surface area (Å²) in [6.45, 7) is 9.37. The summed E-state index contributed by atoms with van der Waals surface area (Å²) in [6.07, 6.45) is 0. The van der Waals surface area contributed by atoms with E-state index in [4.69, 9.17) is 9.72 Å². The first-order valence-electron chi connectivity index (χ1n) is 10.0. The third-order valence-corrected chi connectivity index (χ3v) is 5.41. The van der Waals surface area contributed by atoms with Gasteiger partial charge in [-0.25, -0.2) is 9.97 Å². The van der Waals surface area contributed by atoms with Crippen LogP contribution < -0.4 is 4.90 Å². The molecule has 0 unspecified atom stereocenters. The fourth-order valence-electron chi connectivity index (χ4n) is 3.64. The van der Waals surface area contributed by atoms with Crippen molar-refractivity contribution in [3.05, 3.63) is 42.1 Å². The minimum Gasteiger partial charge on any atom is -0.378 e. The normalized spacial score (nSPS) is 18.3. The Bertz CT molecular complexity index is 800. The van der Waals surface area contributed by atoms with Crippen molar-refractivity contribution in [3.8, 4) is 11.4 Å². The van der Waals surface area contributed by atoms with Crippen molar-refractivity contribution in [1.82, 2.24) is 19.8 Å². The zero-order valence-corrected chi connectivity index (χ0v) is 16.4. The third kappa shape index (κ3) is 4.15. The molecule has 3 heterocycles. The average Bonchev–Trinajstić information content (AvgIpc) is 2.79. The topological polar surface area (TPSA) is 61.8 Å². The number of anilines is 1. The summed E-state index contributed by atoms with van der Waals surface area (Å²) in [7, 11) is 0. The second kappa shape index (κ2) is 8.67. The molecule has 1 aromatic heterocycles. The number of nitrogens with zero attached hydrogens (tertiary/aromatic N) is 5. The van der Waals surface area contributed by atoms with Crippen molar-refractivity contribution in [2.75, 3.05) is 63.9 Å². The van der Waals surface area contributed by atoms with Crippen LogP contribution in [0.25, 0.3) is 11.4 Å². The Morgan fingerprint density at radius 2 is 1.71 bits per heavy atom. The molecule has 0 N–H and O–H groups in total. The largest absolute Gasteiger partial charge is 0.378 e. The van der Waals surface area contributed by atoms with Gasteiger partial charge in [0.2, 0.25) is 0 Å². The van der Waals surface area contributed by atoms with Gasteiger partial charge >= 0.3 is 0 Å². The zero-order chi connectivity index (χ0) is 19.3. The Morgan fingerprint density at radius 3 is 2.39 bits per heavy atom. The molecule has 2 saturated heterocycles. The molecule has 7 nitrogen and oxygen atoms in total. The molecule has 2 aliphatic rings. The third-order valence-electron chi connectivity index (χ3n) is 5.41. The summed E-state index contributed by atoms with van der Waals surface area (Å²) < 4.78 is 5.46. The number of likely N-dealkylation sites (N-methyl/N-ethyl adjacent to an activating group) is 1. The summed E-state index contributed by atoms with van der Waals surface area (Å²) in [5.41, 5.74) is 1.39. The Kier molecular flexibility index (Phi) is 5.83. The first-order chi connectivity index (χ1) is 13.7. The number of ether oxygens (including phenoxy) is 1. The summed E-state index contributed by atoms with van der Waals surface area (Å²) in [6, 6.07) is 11.7. The maximum absolute atomic E-state index is 13.2. The van der Waals surface area contributed by atoms with E-state index >= 15 is 0 Å². The predicted molar refractivity (Wildman–Crippen MR) is 109 cm³/mol. The number of rotatable bonds is 4. The summed E-state index contributed by atoms with van der Waals surface area (Å²) >= 11 is 0. The van der Waals surface area contributed by atoms with Crippen LogP contribution in [0.4, 0.5) is 5.82 Å². The molecule has 148 valence electrons. The molecule has 0 radical (unpaired) electrons. The highest BCUT2D eigenvalue weighted by molar-refractivity contribution is 5.93. The lowest BCUT2D eigenvalue weighted by Crippen LogP contribution is -2.48. The van der Waals surface area contributed by atoms with Gasteiger partial charge in [-0.15, -0.1) is 0 Å². The van der Waals surface area contributed by atoms with Crippen LogP contribution in [0.2, 0.25) is 0 Å². The van der Waals surface area contributed by atoms with E-state index in [1.54, 1.807) is 0 Å². The summed E-state index contributed by atoms with van der Waals surface area (Å²) in [5.74, 6) is 1.39. The molecule has 2 fully saturated rings. The Balaban J connectivity index is 1.64. The second-order valence-electron chi connectivity index (χ2n) is 7.13. The first-order valence-corrected chi connectivity index (χ1v) is 10.0. The maximum Gasteiger partial charge on any atom is 0.272 e. The minimum atomic E-state index is -0.00940. The van der Waals surface area contributed by atoms with Crippen LogP contribution in [0.3, 0.4) is 0 Å². The van der Waals surface area contributed by atoms with E-state index in [9.17, 15) is 4.79 Å². The highest BCUT2D eigenvalue weighted by atomic mass is 16.5. The van der Waals surface area contributed by atoms with Crippen molar-refractivity contribution in [1.29, 1.82) is 0 Å². The molecule has 0 saturated carbocycles. The van der Waals surface area contributed by atoms with E-state index in [2.05, 4.69) is 21.7 Å². The van der Waals surface area contributed by atoms with Crippen LogP contribution in [-0.4, -0.2) is 84.7 Å². The number of hydrogen-bond donors (Lipinski definition) is 0. The lowest BCUT2D eigenvalue weighted by atomic mass is 10.2. The van der Waals surface area contributed by atoms with E-state index in [1.807, 2.05) is 41.3 Å². The number of piperazine rings is 1. The van der Waals surface area contributed by atoms with Crippen LogP contribution in [0.15, 0.2) is 36.4 Å². The number of morpholine rings is 1. The fraction of sp³-hybridized carbons (Fsp3) is 0.476. The van der Waals surface area contributed by atoms with Gasteiger partial charge in [-0.05, 0) is 6.54 Å². The monoisotopic (exact) mass is 381 g/mol. The molecular formula is C21H27N5O2. The minimum absolute atomic E-state index is 0.00940. The van der Waals surface area contributed by atoms with Crippen LogP contribution in [0, 0.1) is 0 Å². The molecule has 0 spiro atoms. The molecular weight excluding hydrogens is 354 g/mol. The van der Waals surface area contributed by atoms with Crippen molar-refractivity contribution in [3.63, 3.8) is 0 Å². The molecule has 0 atom stereocenters. The smallest absolute Gasteiger partial charge is 0.272 e. The first kappa shape index (κ1) is 18.8. The number of carbonyl (C=O) groups excluding carboxylic acids is 1. The van der Waals surface area contributed by atoms with Gasteiger partial charge in [0.15, 0.2) is 5.82 Å². The quantitative estimate of drug-likeness (QED) is 0.804. The van der Waals surface area contributed by atoms with Crippen molar-refractivity contribution in [2.45, 2.75) is 6.92 Å². The van der Waals surface area contributed by atoms with Crippen LogP contribution in [0.1, 0.15) is 17.4 Å². The van der Waals surface area contributed by atoms with Gasteiger partial charge in [-0.2, -0.15) is 0 Å². The van der Waals surface area contributed by atoms with E-state index in [-0.39, 0.29) is 5.91 Å². The predicted octanol–water partition coefficient (Wildman–Crippen LogP) is 1.76. The SMILES string of the molecule is CCN1CCN(C(=O)c2cc(N3CCOCC3)nc(-c3ccccc3)n2)CC1. The molecule has 0 bridgehead atoms. The molecule has 28 heavy (non-hydrogen) atoms. The molecule has 7 heteroatoms. The summed E-state index contributed by atoms with van der Waals surface area (Å²) in [5, 5.41) is 0. The average molecular weight is 381 g/mol. The van der Waals surface area contributed by atoms with Gasteiger partial charge in [-0.1, -0.05) is 37.3 Å². The van der Waals surface area contributed by atoms with E-state index < -0.39 is 0 Å². The molecule has 4 rings (SSSR count). The molecule has 1 aromatic carbocycles. The molecule has 1 amide bonds. The van der Waals surface area contributed by atoms with Gasteiger partial charge in [0.05, 0.1) is 13.2 Å². The highest BCUT2D eigenvalue weighted by Gasteiger charge is 2.25. The van der Waals surface area contributed by atoms with Gasteiger partial charge in [0, 0.05) is 50.9 Å². The number of carbonyl (C=O) groups is 1. The Labute approximate surface area is 165 Å². The van der Waals surface area contributed by atoms with Crippen molar-refractivity contribution < 1.29 is 9.53 Å². The van der Waals surface area contributed by atoms with Crippen LogP contribution >= 0.6 is 0 Å². The van der Waals surface area contributed by atoms with Gasteiger partial charge in [0.25, 0.3) is 5.91 Å². The van der Waals surface area contributed by atoms with Gasteiger partial charge in [0.1, 0.15) is 11.5 Å². The zero-order valence-electron chi connectivity index (χ0n) is 16.4. The van der Waals surface area contributed by atoms with Crippen LogP contribution in [0.5, 0.6) is 0 Å². The van der Waals surface area contributed by atoms with E-state index in [0.717, 1.165) is 57.2 Å². The second-order valence-corrected chi connectivity index (χ2v) is 7.13. The lowest BCUT2D eigenvalue weighted by Gasteiger charge is -2.34. The number of hydrogen-bond acceptors (Lipinski definition) is 6. The Hall–Kier alpha value is -2.51. The molecule has 2 aromatic rings. The fourth-order valence-corrected chi connectivity index (χ4v) is 3.64. The van der Waals surface area contributed by atoms with E-state index in [1.165, 1.54) is 0 Å². The number of amides is 1. The maximum atomic E-state index is 13.2. The highest BCUT2D eigenvalue weighted by Crippen LogP contribution is 2.22. The lowest BCUT2D eigenvalue weighted by molar-refractivity contribution is 0.0637. The van der Waals surface area contributed by atoms with E-state index in [0.29, 0.717) is 24.7 Å². The summed E-state index contributed by atoms with van der Waals surface area (Å²) in [4.78, 5) is 29.0. The van der Waals surface area contributed by atoms with Crippen molar-refractivity contribution >= 4 is 11.7 Å². The number of benzene rings is 1. The molecule has 2 aliphatic heterocycles. The van der Waals surface area contributed by atoms with Crippen molar-refractivity contribution in [2.24, 2.45) is 0 Å². The van der Waals surface area contributed by atoms with Gasteiger partial charge < -0.3 is 19.4 Å². The molecule has 0 aliphatic carbocycles.